The van der Waals surface area contributed by atoms with E-state index >= 15 is 0 Å². The highest BCUT2D eigenvalue weighted by Crippen LogP contribution is 2.24. The Bertz CT molecular complexity index is 472. The van der Waals surface area contributed by atoms with E-state index in [-0.39, 0.29) is 17.9 Å². The fourth-order valence-electron chi connectivity index (χ4n) is 3.04. The number of rotatable bonds is 3. The molecule has 110 valence electrons. The highest BCUT2D eigenvalue weighted by molar-refractivity contribution is 5.77. The molecule has 1 aliphatic heterocycles. The van der Waals surface area contributed by atoms with Crippen LogP contribution in [0, 0.1) is 6.92 Å². The van der Waals surface area contributed by atoms with Crippen molar-refractivity contribution in [1.29, 1.82) is 0 Å². The zero-order valence-corrected chi connectivity index (χ0v) is 13.0. The van der Waals surface area contributed by atoms with Crippen molar-refractivity contribution in [2.24, 2.45) is 0 Å². The van der Waals surface area contributed by atoms with Crippen LogP contribution < -0.4 is 5.32 Å². The molecular weight excluding hydrogens is 248 g/mol. The van der Waals surface area contributed by atoms with Crippen LogP contribution >= 0.6 is 0 Å². The summed E-state index contributed by atoms with van der Waals surface area (Å²) in [7, 11) is 0. The molecular formula is C17H26N2O. The van der Waals surface area contributed by atoms with Gasteiger partial charge in [0.05, 0.1) is 0 Å². The third-order valence-corrected chi connectivity index (χ3v) is 4.55. The van der Waals surface area contributed by atoms with Crippen LogP contribution in [0.25, 0.3) is 0 Å². The zero-order chi connectivity index (χ0) is 14.7. The monoisotopic (exact) mass is 274 g/mol. The lowest BCUT2D eigenvalue weighted by molar-refractivity contribution is -0.135. The number of amides is 1. The molecule has 0 saturated carbocycles. The van der Waals surface area contributed by atoms with E-state index in [1.165, 1.54) is 11.1 Å². The Morgan fingerprint density at radius 1 is 1.40 bits per heavy atom. The second kappa shape index (κ2) is 6.40. The number of hydrogen-bond acceptors (Lipinski definition) is 2. The molecule has 3 atom stereocenters. The largest absolute Gasteiger partial charge is 0.337 e. The third-order valence-electron chi connectivity index (χ3n) is 4.55. The van der Waals surface area contributed by atoms with Crippen LogP contribution in [0.15, 0.2) is 24.3 Å². The molecule has 3 heteroatoms. The molecule has 1 fully saturated rings. The van der Waals surface area contributed by atoms with Gasteiger partial charge in [-0.3, -0.25) is 4.79 Å². The van der Waals surface area contributed by atoms with Gasteiger partial charge >= 0.3 is 0 Å². The summed E-state index contributed by atoms with van der Waals surface area (Å²) >= 11 is 0. The summed E-state index contributed by atoms with van der Waals surface area (Å²) in [5, 5.41) is 3.42. The minimum absolute atomic E-state index is 0.278. The van der Waals surface area contributed by atoms with E-state index in [1.807, 2.05) is 11.0 Å². The van der Waals surface area contributed by atoms with Crippen LogP contribution in [-0.4, -0.2) is 36.0 Å². The molecule has 0 radical (unpaired) electrons. The summed E-state index contributed by atoms with van der Waals surface area (Å²) in [5.41, 5.74) is 2.56. The van der Waals surface area contributed by atoms with Crippen molar-refractivity contribution < 1.29 is 4.79 Å². The van der Waals surface area contributed by atoms with Crippen molar-refractivity contribution in [1.82, 2.24) is 10.2 Å². The number of carbonyl (C=O) groups excluding carboxylic acids is 1. The number of piperazine rings is 1. The van der Waals surface area contributed by atoms with Gasteiger partial charge in [0.2, 0.25) is 5.91 Å². The van der Waals surface area contributed by atoms with Crippen molar-refractivity contribution in [2.75, 3.05) is 13.1 Å². The van der Waals surface area contributed by atoms with Crippen LogP contribution in [0.1, 0.15) is 44.2 Å². The molecule has 1 amide bonds. The van der Waals surface area contributed by atoms with Crippen LogP contribution in [0.5, 0.6) is 0 Å². The van der Waals surface area contributed by atoms with Gasteiger partial charge in [-0.2, -0.15) is 0 Å². The van der Waals surface area contributed by atoms with Crippen molar-refractivity contribution >= 4 is 5.91 Å². The number of carbonyl (C=O) groups is 1. The van der Waals surface area contributed by atoms with Crippen LogP contribution in [0.4, 0.5) is 0 Å². The van der Waals surface area contributed by atoms with Gasteiger partial charge in [0, 0.05) is 31.6 Å². The first-order valence-electron chi connectivity index (χ1n) is 7.59. The summed E-state index contributed by atoms with van der Waals surface area (Å²) in [4.78, 5) is 14.6. The summed E-state index contributed by atoms with van der Waals surface area (Å²) in [6.07, 6.45) is 0.599. The Balaban J connectivity index is 2.02. The second-order valence-corrected chi connectivity index (χ2v) is 6.03. The van der Waals surface area contributed by atoms with E-state index in [0.29, 0.717) is 12.5 Å². The number of hydrogen-bond donors (Lipinski definition) is 1. The van der Waals surface area contributed by atoms with Crippen molar-refractivity contribution in [3.8, 4) is 0 Å². The smallest absolute Gasteiger partial charge is 0.223 e. The third kappa shape index (κ3) is 3.21. The fraction of sp³-hybridized carbons (Fsp3) is 0.588. The lowest BCUT2D eigenvalue weighted by Gasteiger charge is -2.39. The van der Waals surface area contributed by atoms with Gasteiger partial charge in [-0.15, -0.1) is 0 Å². The molecule has 0 aliphatic carbocycles. The molecule has 0 aromatic heterocycles. The van der Waals surface area contributed by atoms with E-state index < -0.39 is 0 Å². The molecule has 1 aromatic rings. The van der Waals surface area contributed by atoms with Crippen LogP contribution in [0.3, 0.4) is 0 Å². The summed E-state index contributed by atoms with van der Waals surface area (Å²) < 4.78 is 0. The average molecular weight is 274 g/mol. The van der Waals surface area contributed by atoms with E-state index in [2.05, 4.69) is 51.2 Å². The fourth-order valence-corrected chi connectivity index (χ4v) is 3.04. The Hall–Kier alpha value is -1.35. The number of nitrogens with zero attached hydrogens (tertiary/aromatic N) is 1. The highest BCUT2D eigenvalue weighted by atomic mass is 16.2. The molecule has 3 nitrogen and oxygen atoms in total. The summed E-state index contributed by atoms with van der Waals surface area (Å²) in [6.45, 7) is 10.3. The van der Waals surface area contributed by atoms with Crippen LogP contribution in [0.2, 0.25) is 0 Å². The molecule has 20 heavy (non-hydrogen) atoms. The SMILES string of the molecule is Cc1ccccc1C(C)CC(=O)N1CCNC(C)C1C. The van der Waals surface area contributed by atoms with E-state index in [1.54, 1.807) is 0 Å². The van der Waals surface area contributed by atoms with E-state index in [0.717, 1.165) is 13.1 Å². The maximum absolute atomic E-state index is 12.5. The quantitative estimate of drug-likeness (QED) is 0.919. The first-order valence-corrected chi connectivity index (χ1v) is 7.59. The normalized spacial score (nSPS) is 24.5. The van der Waals surface area contributed by atoms with Crippen molar-refractivity contribution in [2.45, 2.75) is 52.1 Å². The highest BCUT2D eigenvalue weighted by Gasteiger charge is 2.28. The Kier molecular flexibility index (Phi) is 4.81. The Morgan fingerprint density at radius 2 is 2.10 bits per heavy atom. The zero-order valence-electron chi connectivity index (χ0n) is 13.0. The van der Waals surface area contributed by atoms with Gasteiger partial charge in [0.1, 0.15) is 0 Å². The average Bonchev–Trinajstić information content (AvgIpc) is 2.42. The molecule has 1 aliphatic rings. The number of nitrogens with one attached hydrogen (secondary N) is 1. The first kappa shape index (κ1) is 15.0. The molecule has 0 bridgehead atoms. The van der Waals surface area contributed by atoms with E-state index in [9.17, 15) is 4.79 Å². The van der Waals surface area contributed by atoms with Crippen molar-refractivity contribution in [3.05, 3.63) is 35.4 Å². The van der Waals surface area contributed by atoms with E-state index in [4.69, 9.17) is 0 Å². The molecule has 1 heterocycles. The number of benzene rings is 1. The molecule has 1 saturated heterocycles. The van der Waals surface area contributed by atoms with Gasteiger partial charge in [-0.1, -0.05) is 31.2 Å². The maximum atomic E-state index is 12.5. The molecule has 0 spiro atoms. The predicted molar refractivity (Wildman–Crippen MR) is 82.9 cm³/mol. The standard InChI is InChI=1S/C17H26N2O/c1-12-7-5-6-8-16(12)13(2)11-17(20)19-10-9-18-14(3)15(19)4/h5-8,13-15,18H,9-11H2,1-4H3. The predicted octanol–water partition coefficient (Wildman–Crippen LogP) is 2.70. The molecule has 2 rings (SSSR count). The lowest BCUT2D eigenvalue weighted by atomic mass is 9.93. The van der Waals surface area contributed by atoms with Gasteiger partial charge < -0.3 is 10.2 Å². The van der Waals surface area contributed by atoms with Gasteiger partial charge in [0.15, 0.2) is 0 Å². The molecule has 1 aromatic carbocycles. The summed E-state index contributed by atoms with van der Waals surface area (Å²) in [5.74, 6) is 0.558. The second-order valence-electron chi connectivity index (χ2n) is 6.03. The molecule has 1 N–H and O–H groups in total. The Labute approximate surface area is 122 Å². The van der Waals surface area contributed by atoms with Gasteiger partial charge in [0.25, 0.3) is 0 Å². The molecule has 3 unspecified atom stereocenters. The van der Waals surface area contributed by atoms with Gasteiger partial charge in [-0.05, 0) is 37.8 Å². The van der Waals surface area contributed by atoms with Crippen molar-refractivity contribution in [3.63, 3.8) is 0 Å². The minimum Gasteiger partial charge on any atom is -0.337 e. The lowest BCUT2D eigenvalue weighted by Crippen LogP contribution is -2.57. The topological polar surface area (TPSA) is 32.3 Å². The Morgan fingerprint density at radius 3 is 2.80 bits per heavy atom. The number of aryl methyl sites for hydroxylation is 1. The summed E-state index contributed by atoms with van der Waals surface area (Å²) in [6, 6.07) is 9.01. The van der Waals surface area contributed by atoms with Crippen LogP contribution in [-0.2, 0) is 4.79 Å². The minimum atomic E-state index is 0.278. The maximum Gasteiger partial charge on any atom is 0.223 e. The first-order chi connectivity index (χ1) is 9.50. The van der Waals surface area contributed by atoms with Gasteiger partial charge in [-0.25, -0.2) is 0 Å².